The van der Waals surface area contributed by atoms with E-state index in [2.05, 4.69) is 29.2 Å². The summed E-state index contributed by atoms with van der Waals surface area (Å²) in [4.78, 5) is 2.52. The van der Waals surface area contributed by atoms with Gasteiger partial charge in [-0.2, -0.15) is 0 Å². The summed E-state index contributed by atoms with van der Waals surface area (Å²) in [6, 6.07) is 14.7. The quantitative estimate of drug-likeness (QED) is 0.855. The van der Waals surface area contributed by atoms with E-state index in [1.54, 1.807) is 13.2 Å². The van der Waals surface area contributed by atoms with Crippen molar-refractivity contribution in [2.75, 3.05) is 20.2 Å². The predicted molar refractivity (Wildman–Crippen MR) is 109 cm³/mol. The third-order valence-corrected chi connectivity index (χ3v) is 5.94. The van der Waals surface area contributed by atoms with E-state index in [0.717, 1.165) is 44.5 Å². The summed E-state index contributed by atoms with van der Waals surface area (Å²) in [5.41, 5.74) is 8.91. The standard InChI is InChI=1S/C22H27ClN2O2/c1-26-18-11-16(23)12-19(13-18)27-22-20-7-3-2-5-15(20)8-9-21(22)25-10-4-6-17(24)14-25/h2-3,5,7,11-13,17,21-22H,4,6,8-10,14,24H2,1H3/t17-,21?,22?/m1/s1. The van der Waals surface area contributed by atoms with Crippen molar-refractivity contribution in [3.63, 3.8) is 0 Å². The maximum atomic E-state index is 6.56. The monoisotopic (exact) mass is 386 g/mol. The largest absolute Gasteiger partial charge is 0.497 e. The molecule has 1 fully saturated rings. The number of aryl methyl sites for hydroxylation is 1. The topological polar surface area (TPSA) is 47.7 Å². The van der Waals surface area contributed by atoms with Crippen LogP contribution in [0.5, 0.6) is 11.5 Å². The number of methoxy groups -OCH3 is 1. The van der Waals surface area contributed by atoms with E-state index in [1.165, 1.54) is 11.1 Å². The molecule has 2 aromatic rings. The lowest BCUT2D eigenvalue weighted by atomic mass is 9.84. The molecule has 1 aliphatic carbocycles. The molecular formula is C22H27ClN2O2. The molecule has 4 nitrogen and oxygen atoms in total. The van der Waals surface area contributed by atoms with Crippen LogP contribution in [-0.4, -0.2) is 37.2 Å². The molecule has 0 radical (unpaired) electrons. The number of nitrogens with zero attached hydrogens (tertiary/aromatic N) is 1. The fourth-order valence-corrected chi connectivity index (χ4v) is 4.64. The Morgan fingerprint density at radius 1 is 1.11 bits per heavy atom. The number of fused-ring (bicyclic) bond motifs is 1. The van der Waals surface area contributed by atoms with Gasteiger partial charge in [0.1, 0.15) is 17.6 Å². The highest BCUT2D eigenvalue weighted by Gasteiger charge is 2.36. The SMILES string of the molecule is COc1cc(Cl)cc(OC2c3ccccc3CCC2N2CCC[C@@H](N)C2)c1. The minimum atomic E-state index is -0.0385. The number of ether oxygens (including phenoxy) is 2. The number of halogens is 1. The summed E-state index contributed by atoms with van der Waals surface area (Å²) in [6.45, 7) is 2.02. The molecule has 27 heavy (non-hydrogen) atoms. The van der Waals surface area contributed by atoms with E-state index in [0.29, 0.717) is 16.8 Å². The van der Waals surface area contributed by atoms with Gasteiger partial charge in [-0.25, -0.2) is 0 Å². The lowest BCUT2D eigenvalue weighted by molar-refractivity contribution is 0.0366. The highest BCUT2D eigenvalue weighted by atomic mass is 35.5. The van der Waals surface area contributed by atoms with E-state index < -0.39 is 0 Å². The van der Waals surface area contributed by atoms with Gasteiger partial charge in [0, 0.05) is 23.7 Å². The van der Waals surface area contributed by atoms with Crippen molar-refractivity contribution in [1.82, 2.24) is 4.90 Å². The van der Waals surface area contributed by atoms with Gasteiger partial charge in [-0.05, 0) is 55.5 Å². The third-order valence-electron chi connectivity index (χ3n) is 5.72. The zero-order valence-electron chi connectivity index (χ0n) is 15.7. The second kappa shape index (κ2) is 8.09. The van der Waals surface area contributed by atoms with E-state index in [9.17, 15) is 0 Å². The normalized spacial score (nSPS) is 25.7. The molecule has 2 unspecified atom stereocenters. The Kier molecular flexibility index (Phi) is 5.58. The van der Waals surface area contributed by atoms with Crippen LogP contribution in [0, 0.1) is 0 Å². The number of benzene rings is 2. The van der Waals surface area contributed by atoms with Gasteiger partial charge in [-0.15, -0.1) is 0 Å². The molecule has 4 rings (SSSR count). The lowest BCUT2D eigenvalue weighted by Gasteiger charge is -2.43. The van der Waals surface area contributed by atoms with Gasteiger partial charge in [0.05, 0.1) is 13.2 Å². The summed E-state index contributed by atoms with van der Waals surface area (Å²) in [6.07, 6.45) is 4.37. The third kappa shape index (κ3) is 4.08. The molecule has 0 amide bonds. The lowest BCUT2D eigenvalue weighted by Crippen LogP contribution is -2.51. The van der Waals surface area contributed by atoms with E-state index in [1.807, 2.05) is 12.1 Å². The zero-order valence-corrected chi connectivity index (χ0v) is 16.5. The van der Waals surface area contributed by atoms with Gasteiger partial charge in [0.25, 0.3) is 0 Å². The molecule has 2 N–H and O–H groups in total. The van der Waals surface area contributed by atoms with Crippen molar-refractivity contribution in [2.45, 2.75) is 43.9 Å². The molecule has 1 aliphatic heterocycles. The Bertz CT molecular complexity index is 798. The Morgan fingerprint density at radius 3 is 2.74 bits per heavy atom. The van der Waals surface area contributed by atoms with Crippen molar-refractivity contribution >= 4 is 11.6 Å². The van der Waals surface area contributed by atoms with Crippen LogP contribution >= 0.6 is 11.6 Å². The average Bonchev–Trinajstić information content (AvgIpc) is 2.67. The summed E-state index contributed by atoms with van der Waals surface area (Å²) in [5.74, 6) is 1.45. The fourth-order valence-electron chi connectivity index (χ4n) is 4.43. The van der Waals surface area contributed by atoms with Crippen LogP contribution < -0.4 is 15.2 Å². The molecule has 3 atom stereocenters. The predicted octanol–water partition coefficient (Wildman–Crippen LogP) is 4.21. The Balaban J connectivity index is 1.67. The van der Waals surface area contributed by atoms with Crippen LogP contribution in [0.15, 0.2) is 42.5 Å². The van der Waals surface area contributed by atoms with Gasteiger partial charge < -0.3 is 15.2 Å². The maximum absolute atomic E-state index is 6.56. The number of rotatable bonds is 4. The first-order valence-corrected chi connectivity index (χ1v) is 10.1. The van der Waals surface area contributed by atoms with Crippen molar-refractivity contribution in [3.05, 3.63) is 58.6 Å². The number of piperidine rings is 1. The second-order valence-electron chi connectivity index (χ2n) is 7.57. The van der Waals surface area contributed by atoms with Crippen LogP contribution in [-0.2, 0) is 6.42 Å². The Labute approximate surface area is 166 Å². The Hall–Kier alpha value is -1.75. The first-order chi connectivity index (χ1) is 13.1. The maximum Gasteiger partial charge on any atom is 0.139 e. The Morgan fingerprint density at radius 2 is 1.93 bits per heavy atom. The van der Waals surface area contributed by atoms with Crippen LogP contribution in [0.1, 0.15) is 36.5 Å². The van der Waals surface area contributed by atoms with Gasteiger partial charge in [0.2, 0.25) is 0 Å². The molecule has 5 heteroatoms. The van der Waals surface area contributed by atoms with Crippen LogP contribution in [0.4, 0.5) is 0 Å². The first-order valence-electron chi connectivity index (χ1n) is 9.72. The molecular weight excluding hydrogens is 360 g/mol. The molecule has 0 spiro atoms. The number of hydrogen-bond donors (Lipinski definition) is 1. The van der Waals surface area contributed by atoms with Crippen molar-refractivity contribution < 1.29 is 9.47 Å². The summed E-state index contributed by atoms with van der Waals surface area (Å²) >= 11 is 6.26. The number of nitrogens with two attached hydrogens (primary N) is 1. The van der Waals surface area contributed by atoms with Crippen molar-refractivity contribution in [1.29, 1.82) is 0 Å². The molecule has 1 saturated heterocycles. The summed E-state index contributed by atoms with van der Waals surface area (Å²) in [7, 11) is 1.64. The molecule has 0 aromatic heterocycles. The summed E-state index contributed by atoms with van der Waals surface area (Å²) in [5, 5.41) is 0.616. The summed E-state index contributed by atoms with van der Waals surface area (Å²) < 4.78 is 11.9. The average molecular weight is 387 g/mol. The molecule has 0 bridgehead atoms. The smallest absolute Gasteiger partial charge is 0.139 e. The van der Waals surface area contributed by atoms with E-state index in [4.69, 9.17) is 26.8 Å². The first kappa shape index (κ1) is 18.6. The van der Waals surface area contributed by atoms with Gasteiger partial charge in [-0.1, -0.05) is 35.9 Å². The van der Waals surface area contributed by atoms with Crippen molar-refractivity contribution in [3.8, 4) is 11.5 Å². The molecule has 0 saturated carbocycles. The second-order valence-corrected chi connectivity index (χ2v) is 8.00. The number of likely N-dealkylation sites (tertiary alicyclic amines) is 1. The van der Waals surface area contributed by atoms with Crippen LogP contribution in [0.2, 0.25) is 5.02 Å². The molecule has 2 aliphatic rings. The van der Waals surface area contributed by atoms with Crippen LogP contribution in [0.25, 0.3) is 0 Å². The highest BCUT2D eigenvalue weighted by Crippen LogP contribution is 2.38. The molecule has 144 valence electrons. The highest BCUT2D eigenvalue weighted by molar-refractivity contribution is 6.30. The van der Waals surface area contributed by atoms with Crippen LogP contribution in [0.3, 0.4) is 0 Å². The minimum Gasteiger partial charge on any atom is -0.497 e. The van der Waals surface area contributed by atoms with Crippen molar-refractivity contribution in [2.24, 2.45) is 5.73 Å². The van der Waals surface area contributed by atoms with E-state index in [-0.39, 0.29) is 12.1 Å². The molecule has 1 heterocycles. The van der Waals surface area contributed by atoms with E-state index >= 15 is 0 Å². The minimum absolute atomic E-state index is 0.0385. The fraction of sp³-hybridized carbons (Fsp3) is 0.455. The number of hydrogen-bond acceptors (Lipinski definition) is 4. The molecule has 2 aromatic carbocycles. The van der Waals surface area contributed by atoms with Gasteiger partial charge in [0.15, 0.2) is 0 Å². The zero-order chi connectivity index (χ0) is 18.8. The van der Waals surface area contributed by atoms with Gasteiger partial charge >= 0.3 is 0 Å². The van der Waals surface area contributed by atoms with Gasteiger partial charge in [-0.3, -0.25) is 4.90 Å².